The van der Waals surface area contributed by atoms with Gasteiger partial charge in [-0.05, 0) is 44.7 Å². The largest absolute Gasteiger partial charge is 0.448 e. The van der Waals surface area contributed by atoms with E-state index < -0.39 is 5.79 Å². The number of fused-ring (bicyclic) bond motifs is 1. The second-order valence-electron chi connectivity index (χ2n) is 7.94. The average molecular weight is 369 g/mol. The minimum Gasteiger partial charge on any atom is -0.448 e. The number of rotatable bonds is 3. The normalized spacial score (nSPS) is 23.0. The number of nitriles is 1. The number of anilines is 1. The van der Waals surface area contributed by atoms with Crippen molar-refractivity contribution in [2.24, 2.45) is 5.92 Å². The van der Waals surface area contributed by atoms with Crippen LogP contribution in [-0.4, -0.2) is 35.7 Å². The molecule has 0 radical (unpaired) electrons. The Morgan fingerprint density at radius 3 is 2.63 bits per heavy atom. The first kappa shape index (κ1) is 18.1. The highest BCUT2D eigenvalue weighted by molar-refractivity contribution is 5.94. The molecule has 1 saturated heterocycles. The molecule has 2 aliphatic heterocycles. The van der Waals surface area contributed by atoms with Gasteiger partial charge in [0.2, 0.25) is 5.91 Å². The Balaban J connectivity index is 1.37. The third-order valence-corrected chi connectivity index (χ3v) is 6.06. The third-order valence-electron chi connectivity index (χ3n) is 6.06. The van der Waals surface area contributed by atoms with Gasteiger partial charge in [-0.2, -0.15) is 5.26 Å². The molecule has 6 nitrogen and oxygen atoms in total. The lowest BCUT2D eigenvalue weighted by molar-refractivity contribution is -0.121. The molecule has 144 valence electrons. The highest BCUT2D eigenvalue weighted by atomic mass is 16.7. The van der Waals surface area contributed by atoms with Gasteiger partial charge in [0, 0.05) is 43.6 Å². The number of carbonyl (C=O) groups excluding carboxylic acids is 1. The molecule has 3 aliphatic rings. The van der Waals surface area contributed by atoms with Crippen LogP contribution < -0.4 is 14.8 Å². The molecule has 1 amide bonds. The molecule has 1 atom stereocenters. The predicted octanol–water partition coefficient (Wildman–Crippen LogP) is 3.68. The molecule has 27 heavy (non-hydrogen) atoms. The van der Waals surface area contributed by atoms with E-state index in [0.29, 0.717) is 0 Å². The summed E-state index contributed by atoms with van der Waals surface area (Å²) in [6, 6.07) is 7.73. The molecular formula is C21H27N3O3. The molecule has 2 fully saturated rings. The van der Waals surface area contributed by atoms with E-state index in [1.54, 1.807) is 0 Å². The van der Waals surface area contributed by atoms with Crippen molar-refractivity contribution in [3.63, 3.8) is 0 Å². The van der Waals surface area contributed by atoms with Gasteiger partial charge in [-0.1, -0.05) is 6.42 Å². The monoisotopic (exact) mass is 369 g/mol. The number of ether oxygens (including phenoxy) is 2. The number of carbonyl (C=O) groups is 1. The summed E-state index contributed by atoms with van der Waals surface area (Å²) in [5, 5.41) is 12.0. The fraction of sp³-hybridized carbons (Fsp3) is 0.619. The molecule has 1 unspecified atom stereocenters. The fourth-order valence-corrected chi connectivity index (χ4v) is 4.29. The van der Waals surface area contributed by atoms with Crippen molar-refractivity contribution in [1.29, 1.82) is 5.26 Å². The van der Waals surface area contributed by atoms with Crippen LogP contribution in [0.4, 0.5) is 5.69 Å². The summed E-state index contributed by atoms with van der Waals surface area (Å²) < 4.78 is 12.2. The molecular weight excluding hydrogens is 342 g/mol. The first-order chi connectivity index (χ1) is 13.1. The highest BCUT2D eigenvalue weighted by Crippen LogP contribution is 2.46. The lowest BCUT2D eigenvalue weighted by Crippen LogP contribution is -2.45. The van der Waals surface area contributed by atoms with E-state index in [0.717, 1.165) is 68.8 Å². The van der Waals surface area contributed by atoms with E-state index >= 15 is 0 Å². The quantitative estimate of drug-likeness (QED) is 0.880. The Kier molecular flexibility index (Phi) is 4.96. The topological polar surface area (TPSA) is 74.6 Å². The summed E-state index contributed by atoms with van der Waals surface area (Å²) in [4.78, 5) is 14.8. The molecule has 1 aliphatic carbocycles. The van der Waals surface area contributed by atoms with Crippen LogP contribution in [0.25, 0.3) is 0 Å². The second kappa shape index (κ2) is 7.40. The van der Waals surface area contributed by atoms with Crippen molar-refractivity contribution >= 4 is 11.6 Å². The SMILES string of the molecule is CC(C(=O)Nc1ccc2c(c1)OC1(CCCCC1)O2)N1CCC(C#N)CC1. The maximum Gasteiger partial charge on any atom is 0.251 e. The number of hydrogen-bond acceptors (Lipinski definition) is 5. The van der Waals surface area contributed by atoms with Crippen LogP contribution in [0.2, 0.25) is 0 Å². The molecule has 0 aromatic heterocycles. The van der Waals surface area contributed by atoms with Gasteiger partial charge in [0.05, 0.1) is 12.1 Å². The van der Waals surface area contributed by atoms with Crippen molar-refractivity contribution in [2.75, 3.05) is 18.4 Å². The van der Waals surface area contributed by atoms with Crippen LogP contribution in [0, 0.1) is 17.2 Å². The summed E-state index contributed by atoms with van der Waals surface area (Å²) in [7, 11) is 0. The van der Waals surface area contributed by atoms with Crippen LogP contribution in [0.3, 0.4) is 0 Å². The number of benzene rings is 1. The molecule has 1 saturated carbocycles. The maximum absolute atomic E-state index is 12.7. The predicted molar refractivity (Wildman–Crippen MR) is 102 cm³/mol. The molecule has 2 heterocycles. The smallest absolute Gasteiger partial charge is 0.251 e. The van der Waals surface area contributed by atoms with Gasteiger partial charge in [-0.3, -0.25) is 9.69 Å². The molecule has 4 rings (SSSR count). The summed E-state index contributed by atoms with van der Waals surface area (Å²) in [6.07, 6.45) is 6.98. The van der Waals surface area contributed by atoms with Crippen LogP contribution in [-0.2, 0) is 4.79 Å². The Morgan fingerprint density at radius 2 is 1.93 bits per heavy atom. The number of hydrogen-bond donors (Lipinski definition) is 1. The number of likely N-dealkylation sites (tertiary alicyclic amines) is 1. The summed E-state index contributed by atoms with van der Waals surface area (Å²) in [5.74, 6) is 1.08. The second-order valence-corrected chi connectivity index (χ2v) is 7.94. The van der Waals surface area contributed by atoms with Crippen molar-refractivity contribution in [3.05, 3.63) is 18.2 Å². The first-order valence-corrected chi connectivity index (χ1v) is 10.1. The molecule has 6 heteroatoms. The molecule has 0 bridgehead atoms. The Labute approximate surface area is 160 Å². The van der Waals surface area contributed by atoms with E-state index in [4.69, 9.17) is 14.7 Å². The third kappa shape index (κ3) is 3.74. The van der Waals surface area contributed by atoms with Crippen molar-refractivity contribution in [3.8, 4) is 17.6 Å². The molecule has 1 spiro atoms. The zero-order valence-corrected chi connectivity index (χ0v) is 15.9. The van der Waals surface area contributed by atoms with Crippen molar-refractivity contribution in [2.45, 2.75) is 63.7 Å². The summed E-state index contributed by atoms with van der Waals surface area (Å²) in [6.45, 7) is 3.50. The standard InChI is InChI=1S/C21H27N3O3/c1-15(24-11-7-16(14-22)8-12-24)20(25)23-17-5-6-18-19(13-17)27-21(26-18)9-3-2-4-10-21/h5-6,13,15-16H,2-4,7-12H2,1H3,(H,23,25). The zero-order chi connectivity index (χ0) is 18.9. The molecule has 1 aromatic rings. The van der Waals surface area contributed by atoms with E-state index in [2.05, 4.69) is 16.3 Å². The number of nitrogens with one attached hydrogen (secondary N) is 1. The Bertz CT molecular complexity index is 744. The van der Waals surface area contributed by atoms with Crippen molar-refractivity contribution < 1.29 is 14.3 Å². The zero-order valence-electron chi connectivity index (χ0n) is 15.9. The average Bonchev–Trinajstić information content (AvgIpc) is 3.04. The minimum atomic E-state index is -0.498. The van der Waals surface area contributed by atoms with Crippen LogP contribution in [0.15, 0.2) is 18.2 Å². The lowest BCUT2D eigenvalue weighted by Gasteiger charge is -2.33. The van der Waals surface area contributed by atoms with Gasteiger partial charge in [0.25, 0.3) is 5.79 Å². The van der Waals surface area contributed by atoms with Crippen LogP contribution in [0.1, 0.15) is 51.9 Å². The van der Waals surface area contributed by atoms with Gasteiger partial charge in [0.1, 0.15) is 0 Å². The van der Waals surface area contributed by atoms with Crippen LogP contribution in [0.5, 0.6) is 11.5 Å². The minimum absolute atomic E-state index is 0.0309. The highest BCUT2D eigenvalue weighted by Gasteiger charge is 2.42. The van der Waals surface area contributed by atoms with E-state index in [-0.39, 0.29) is 17.9 Å². The lowest BCUT2D eigenvalue weighted by atomic mass is 9.94. The number of nitrogens with zero attached hydrogens (tertiary/aromatic N) is 2. The Hall–Kier alpha value is -2.26. The first-order valence-electron chi connectivity index (χ1n) is 10.1. The molecule has 1 N–H and O–H groups in total. The van der Waals surface area contributed by atoms with Crippen LogP contribution >= 0.6 is 0 Å². The van der Waals surface area contributed by atoms with Gasteiger partial charge in [-0.15, -0.1) is 0 Å². The van der Waals surface area contributed by atoms with Gasteiger partial charge >= 0.3 is 0 Å². The Morgan fingerprint density at radius 1 is 1.22 bits per heavy atom. The maximum atomic E-state index is 12.7. The van der Waals surface area contributed by atoms with Gasteiger partial charge in [0.15, 0.2) is 11.5 Å². The van der Waals surface area contributed by atoms with E-state index in [1.807, 2.05) is 25.1 Å². The van der Waals surface area contributed by atoms with Gasteiger partial charge < -0.3 is 14.8 Å². The van der Waals surface area contributed by atoms with E-state index in [1.165, 1.54) is 6.42 Å². The summed E-state index contributed by atoms with van der Waals surface area (Å²) in [5.41, 5.74) is 0.731. The number of amides is 1. The van der Waals surface area contributed by atoms with E-state index in [9.17, 15) is 4.79 Å². The molecule has 1 aromatic carbocycles. The number of piperidine rings is 1. The summed E-state index contributed by atoms with van der Waals surface area (Å²) >= 11 is 0. The fourth-order valence-electron chi connectivity index (χ4n) is 4.29. The van der Waals surface area contributed by atoms with Crippen molar-refractivity contribution in [1.82, 2.24) is 4.90 Å². The van der Waals surface area contributed by atoms with Gasteiger partial charge in [-0.25, -0.2) is 0 Å².